The van der Waals surface area contributed by atoms with Crippen molar-refractivity contribution in [2.75, 3.05) is 0 Å². The highest BCUT2D eigenvalue weighted by Gasteiger charge is 2.25. The van der Waals surface area contributed by atoms with Gasteiger partial charge in [-0.05, 0) is 62.8 Å². The third-order valence-electron chi connectivity index (χ3n) is 4.84. The van der Waals surface area contributed by atoms with Gasteiger partial charge < -0.3 is 0 Å². The predicted octanol–water partition coefficient (Wildman–Crippen LogP) is 5.07. The summed E-state index contributed by atoms with van der Waals surface area (Å²) in [5, 5.41) is 0. The van der Waals surface area contributed by atoms with Gasteiger partial charge in [0, 0.05) is 11.5 Å². The summed E-state index contributed by atoms with van der Waals surface area (Å²) in [4.78, 5) is 12.9. The number of hydrogen-bond donors (Lipinski definition) is 0. The van der Waals surface area contributed by atoms with Crippen molar-refractivity contribution < 1.29 is 4.79 Å². The van der Waals surface area contributed by atoms with Crippen molar-refractivity contribution in [1.29, 1.82) is 0 Å². The van der Waals surface area contributed by atoms with Gasteiger partial charge >= 0.3 is 0 Å². The lowest BCUT2D eigenvalue weighted by Crippen LogP contribution is -2.17. The van der Waals surface area contributed by atoms with Gasteiger partial charge in [0.1, 0.15) is 0 Å². The number of aryl methyl sites for hydroxylation is 2. The fraction of sp³-hybridized carbons (Fsp3) is 0.611. The first-order chi connectivity index (χ1) is 9.02. The molecule has 19 heavy (non-hydrogen) atoms. The molecule has 0 N–H and O–H groups in total. The summed E-state index contributed by atoms with van der Waals surface area (Å²) in [6, 6.07) is 2.20. The van der Waals surface area contributed by atoms with E-state index < -0.39 is 0 Å². The van der Waals surface area contributed by atoms with Gasteiger partial charge in [-0.15, -0.1) is 0 Å². The minimum atomic E-state index is 0.265. The minimum Gasteiger partial charge on any atom is -0.294 e. The highest BCUT2D eigenvalue weighted by molar-refractivity contribution is 6.01. The van der Waals surface area contributed by atoms with Crippen LogP contribution in [0.5, 0.6) is 0 Å². The lowest BCUT2D eigenvalue weighted by Gasteiger charge is -2.19. The third-order valence-corrected chi connectivity index (χ3v) is 4.84. The molecule has 104 valence electrons. The van der Waals surface area contributed by atoms with Gasteiger partial charge in [0.2, 0.25) is 0 Å². The van der Waals surface area contributed by atoms with Crippen LogP contribution in [-0.2, 0) is 0 Å². The maximum atomic E-state index is 12.9. The van der Waals surface area contributed by atoms with Crippen molar-refractivity contribution in [3.8, 4) is 0 Å². The van der Waals surface area contributed by atoms with Crippen LogP contribution in [0, 0.1) is 33.6 Å². The Morgan fingerprint density at radius 3 is 1.84 bits per heavy atom. The van der Waals surface area contributed by atoms with Crippen LogP contribution in [0.4, 0.5) is 0 Å². The second-order valence-electron chi connectivity index (χ2n) is 6.19. The number of carbonyl (C=O) groups excluding carboxylic acids is 1. The summed E-state index contributed by atoms with van der Waals surface area (Å²) in [6.45, 7) is 8.44. The lowest BCUT2D eigenvalue weighted by atomic mass is 9.84. The molecule has 0 spiro atoms. The SMILES string of the molecule is Cc1cc(C)c(C)c(C(=O)C2CCCCCC2)c1C. The van der Waals surface area contributed by atoms with E-state index in [-0.39, 0.29) is 5.92 Å². The molecule has 1 saturated carbocycles. The Bertz CT molecular complexity index is 451. The van der Waals surface area contributed by atoms with E-state index in [1.807, 2.05) is 0 Å². The standard InChI is InChI=1S/C18H26O/c1-12-11-13(2)15(4)17(14(12)3)18(19)16-9-7-5-6-8-10-16/h11,16H,5-10H2,1-4H3. The molecule has 0 atom stereocenters. The molecule has 0 radical (unpaired) electrons. The minimum absolute atomic E-state index is 0.265. The molecule has 1 aliphatic rings. The predicted molar refractivity (Wildman–Crippen MR) is 80.9 cm³/mol. The molecular formula is C18H26O. The quantitative estimate of drug-likeness (QED) is 0.534. The number of benzene rings is 1. The molecule has 1 fully saturated rings. The van der Waals surface area contributed by atoms with Gasteiger partial charge in [-0.3, -0.25) is 4.79 Å². The van der Waals surface area contributed by atoms with Crippen molar-refractivity contribution in [2.24, 2.45) is 5.92 Å². The van der Waals surface area contributed by atoms with E-state index in [2.05, 4.69) is 33.8 Å². The first-order valence-electron chi connectivity index (χ1n) is 7.64. The molecule has 0 amide bonds. The Morgan fingerprint density at radius 2 is 1.37 bits per heavy atom. The van der Waals surface area contributed by atoms with Crippen LogP contribution in [0.15, 0.2) is 6.07 Å². The second-order valence-corrected chi connectivity index (χ2v) is 6.19. The highest BCUT2D eigenvalue weighted by Crippen LogP contribution is 2.30. The molecule has 0 heterocycles. The van der Waals surface area contributed by atoms with Gasteiger partial charge in [-0.25, -0.2) is 0 Å². The van der Waals surface area contributed by atoms with E-state index in [9.17, 15) is 4.79 Å². The summed E-state index contributed by atoms with van der Waals surface area (Å²) in [5.41, 5.74) is 5.90. The molecule has 2 rings (SSSR count). The third kappa shape index (κ3) is 2.91. The molecule has 0 unspecified atom stereocenters. The van der Waals surface area contributed by atoms with Crippen molar-refractivity contribution in [3.05, 3.63) is 33.9 Å². The van der Waals surface area contributed by atoms with Crippen LogP contribution in [0.2, 0.25) is 0 Å². The Kier molecular flexibility index (Phi) is 4.44. The van der Waals surface area contributed by atoms with E-state index in [1.54, 1.807) is 0 Å². The highest BCUT2D eigenvalue weighted by atomic mass is 16.1. The summed E-state index contributed by atoms with van der Waals surface area (Å²) in [5.74, 6) is 0.671. The molecule has 0 aromatic heterocycles. The Hall–Kier alpha value is -1.11. The van der Waals surface area contributed by atoms with Gasteiger partial charge in [0.25, 0.3) is 0 Å². The molecule has 1 aromatic carbocycles. The zero-order valence-corrected chi connectivity index (χ0v) is 12.8. The molecule has 1 heteroatoms. The van der Waals surface area contributed by atoms with Crippen molar-refractivity contribution in [2.45, 2.75) is 66.2 Å². The van der Waals surface area contributed by atoms with Gasteiger partial charge in [0.15, 0.2) is 5.78 Å². The number of ketones is 1. The zero-order chi connectivity index (χ0) is 14.0. The largest absolute Gasteiger partial charge is 0.294 e. The average Bonchev–Trinajstić information content (AvgIpc) is 2.65. The van der Waals surface area contributed by atoms with E-state index in [0.29, 0.717) is 5.78 Å². The Morgan fingerprint density at radius 1 is 0.895 bits per heavy atom. The van der Waals surface area contributed by atoms with Gasteiger partial charge in [-0.2, -0.15) is 0 Å². The van der Waals surface area contributed by atoms with Gasteiger partial charge in [0.05, 0.1) is 0 Å². The second kappa shape index (κ2) is 5.90. The van der Waals surface area contributed by atoms with E-state index in [0.717, 1.165) is 18.4 Å². The van der Waals surface area contributed by atoms with Gasteiger partial charge in [-0.1, -0.05) is 31.7 Å². The number of hydrogen-bond acceptors (Lipinski definition) is 1. The monoisotopic (exact) mass is 258 g/mol. The van der Waals surface area contributed by atoms with Crippen LogP contribution >= 0.6 is 0 Å². The van der Waals surface area contributed by atoms with Crippen LogP contribution in [-0.4, -0.2) is 5.78 Å². The van der Waals surface area contributed by atoms with Crippen LogP contribution in [0.1, 0.15) is 71.1 Å². The number of rotatable bonds is 2. The molecule has 1 aromatic rings. The van der Waals surface area contributed by atoms with Crippen LogP contribution in [0.25, 0.3) is 0 Å². The molecular weight excluding hydrogens is 232 g/mol. The van der Waals surface area contributed by atoms with Crippen molar-refractivity contribution >= 4 is 5.78 Å². The lowest BCUT2D eigenvalue weighted by molar-refractivity contribution is 0.0906. The van der Waals surface area contributed by atoms with E-state index >= 15 is 0 Å². The smallest absolute Gasteiger partial charge is 0.166 e. The summed E-state index contributed by atoms with van der Waals surface area (Å²) in [6.07, 6.45) is 7.22. The maximum absolute atomic E-state index is 12.9. The Balaban J connectivity index is 2.37. The number of carbonyl (C=O) groups is 1. The first-order valence-corrected chi connectivity index (χ1v) is 7.64. The first kappa shape index (κ1) is 14.3. The average molecular weight is 258 g/mol. The molecule has 0 saturated heterocycles. The summed E-state index contributed by atoms with van der Waals surface area (Å²) >= 11 is 0. The zero-order valence-electron chi connectivity index (χ0n) is 12.8. The maximum Gasteiger partial charge on any atom is 0.166 e. The topological polar surface area (TPSA) is 17.1 Å². The van der Waals surface area contributed by atoms with Crippen LogP contribution in [0.3, 0.4) is 0 Å². The van der Waals surface area contributed by atoms with E-state index in [4.69, 9.17) is 0 Å². The van der Waals surface area contributed by atoms with Crippen molar-refractivity contribution in [1.82, 2.24) is 0 Å². The molecule has 0 aliphatic heterocycles. The molecule has 0 bridgehead atoms. The van der Waals surface area contributed by atoms with E-state index in [1.165, 1.54) is 47.9 Å². The number of Topliss-reactive ketones (excluding diaryl/α,β-unsaturated/α-hetero) is 1. The fourth-order valence-corrected chi connectivity index (χ4v) is 3.33. The summed E-state index contributed by atoms with van der Waals surface area (Å²) < 4.78 is 0. The summed E-state index contributed by atoms with van der Waals surface area (Å²) in [7, 11) is 0. The van der Waals surface area contributed by atoms with Crippen LogP contribution < -0.4 is 0 Å². The Labute approximate surface area is 117 Å². The molecule has 1 aliphatic carbocycles. The van der Waals surface area contributed by atoms with Crippen molar-refractivity contribution in [3.63, 3.8) is 0 Å². The normalized spacial score (nSPS) is 17.3. The molecule has 1 nitrogen and oxygen atoms in total. The fourth-order valence-electron chi connectivity index (χ4n) is 3.33.